The lowest BCUT2D eigenvalue weighted by Crippen LogP contribution is -2.54. The van der Waals surface area contributed by atoms with Crippen LogP contribution in [-0.4, -0.2) is 21.5 Å². The largest absolute Gasteiger partial charge is 0.346 e. The van der Waals surface area contributed by atoms with Crippen molar-refractivity contribution in [2.75, 3.05) is 4.90 Å². The van der Waals surface area contributed by atoms with E-state index in [1.807, 2.05) is 24.3 Å². The van der Waals surface area contributed by atoms with Crippen LogP contribution < -0.4 is 10.2 Å². The van der Waals surface area contributed by atoms with E-state index in [1.54, 1.807) is 6.08 Å². The molecule has 0 radical (unpaired) electrons. The second-order valence-electron chi connectivity index (χ2n) is 8.47. The summed E-state index contributed by atoms with van der Waals surface area (Å²) in [5.74, 6) is -0.834. The van der Waals surface area contributed by atoms with Gasteiger partial charge >= 0.3 is 0 Å². The van der Waals surface area contributed by atoms with Gasteiger partial charge < -0.3 is 4.57 Å². The molecule has 4 rings (SSSR count). The molecule has 1 N–H and O–H groups in total. The molecule has 0 spiro atoms. The van der Waals surface area contributed by atoms with Crippen molar-refractivity contribution in [3.8, 4) is 0 Å². The number of carbonyl (C=O) groups is 2. The van der Waals surface area contributed by atoms with Gasteiger partial charge in [0.1, 0.15) is 5.57 Å². The maximum absolute atomic E-state index is 13.3. The molecule has 162 valence electrons. The molecule has 1 aliphatic carbocycles. The second kappa shape index (κ2) is 8.79. The SMILES string of the molecule is CCc1ccc(N2C(=O)/C(=C\c3cc(C)n(C4CCCCC4)c3C)C(=O)NC2=S)cc1. The number of aryl methyl sites for hydroxylation is 2. The first kappa shape index (κ1) is 21.5. The van der Waals surface area contributed by atoms with E-state index in [1.165, 1.54) is 48.3 Å². The van der Waals surface area contributed by atoms with E-state index in [0.717, 1.165) is 17.7 Å². The minimum Gasteiger partial charge on any atom is -0.346 e. The summed E-state index contributed by atoms with van der Waals surface area (Å²) in [5, 5.41) is 2.80. The Hall–Kier alpha value is -2.73. The number of aromatic nitrogens is 1. The van der Waals surface area contributed by atoms with Crippen LogP contribution in [0.4, 0.5) is 5.69 Å². The van der Waals surface area contributed by atoms with Crippen LogP contribution in [0.2, 0.25) is 0 Å². The van der Waals surface area contributed by atoms with Gasteiger partial charge in [-0.05, 0) is 80.7 Å². The Morgan fingerprint density at radius 2 is 1.77 bits per heavy atom. The van der Waals surface area contributed by atoms with E-state index in [4.69, 9.17) is 12.2 Å². The predicted molar refractivity (Wildman–Crippen MR) is 128 cm³/mol. The number of amides is 2. The zero-order valence-electron chi connectivity index (χ0n) is 18.4. The van der Waals surface area contributed by atoms with Gasteiger partial charge in [0.25, 0.3) is 11.8 Å². The van der Waals surface area contributed by atoms with Gasteiger partial charge in [-0.2, -0.15) is 0 Å². The highest BCUT2D eigenvalue weighted by Gasteiger charge is 2.34. The van der Waals surface area contributed by atoms with Gasteiger partial charge in [-0.15, -0.1) is 0 Å². The molecule has 1 saturated heterocycles. The summed E-state index contributed by atoms with van der Waals surface area (Å²) in [5.41, 5.74) is 5.12. The molecule has 1 aromatic carbocycles. The van der Waals surface area contributed by atoms with E-state index in [-0.39, 0.29) is 16.6 Å². The fourth-order valence-electron chi connectivity index (χ4n) is 4.78. The third kappa shape index (κ3) is 4.09. The lowest BCUT2D eigenvalue weighted by atomic mass is 9.95. The molecule has 2 amide bonds. The average molecular weight is 436 g/mol. The van der Waals surface area contributed by atoms with Crippen LogP contribution >= 0.6 is 12.2 Å². The highest BCUT2D eigenvalue weighted by atomic mass is 32.1. The van der Waals surface area contributed by atoms with E-state index in [9.17, 15) is 9.59 Å². The normalized spacial score (nSPS) is 19.3. The number of thiocarbonyl (C=S) groups is 1. The predicted octanol–water partition coefficient (Wildman–Crippen LogP) is 5.00. The first-order chi connectivity index (χ1) is 14.9. The summed E-state index contributed by atoms with van der Waals surface area (Å²) >= 11 is 5.32. The van der Waals surface area contributed by atoms with Crippen LogP contribution in [0.1, 0.15) is 67.6 Å². The van der Waals surface area contributed by atoms with Gasteiger partial charge in [-0.25, -0.2) is 0 Å². The number of hydrogen-bond donors (Lipinski definition) is 1. The minimum absolute atomic E-state index is 0.108. The Morgan fingerprint density at radius 1 is 1.10 bits per heavy atom. The van der Waals surface area contributed by atoms with Gasteiger partial charge in [-0.3, -0.25) is 19.8 Å². The molecule has 6 heteroatoms. The van der Waals surface area contributed by atoms with Crippen molar-refractivity contribution < 1.29 is 9.59 Å². The molecule has 0 atom stereocenters. The molecular weight excluding hydrogens is 406 g/mol. The van der Waals surface area contributed by atoms with Crippen molar-refractivity contribution in [2.45, 2.75) is 65.3 Å². The molecule has 2 fully saturated rings. The third-order valence-electron chi connectivity index (χ3n) is 6.47. The molecule has 2 aromatic rings. The number of nitrogens with one attached hydrogen (secondary N) is 1. The number of rotatable bonds is 4. The average Bonchev–Trinajstić information content (AvgIpc) is 3.05. The molecule has 1 aliphatic heterocycles. The highest BCUT2D eigenvalue weighted by molar-refractivity contribution is 7.80. The van der Waals surface area contributed by atoms with Gasteiger partial charge in [0.2, 0.25) is 0 Å². The monoisotopic (exact) mass is 435 g/mol. The van der Waals surface area contributed by atoms with Crippen molar-refractivity contribution in [1.29, 1.82) is 0 Å². The third-order valence-corrected chi connectivity index (χ3v) is 6.75. The molecule has 2 aliphatic rings. The van der Waals surface area contributed by atoms with Crippen LogP contribution in [0, 0.1) is 13.8 Å². The number of carbonyl (C=O) groups excluding carboxylic acids is 2. The first-order valence-electron chi connectivity index (χ1n) is 11.1. The molecule has 0 unspecified atom stereocenters. The fourth-order valence-corrected chi connectivity index (χ4v) is 5.06. The summed E-state index contributed by atoms with van der Waals surface area (Å²) in [6.45, 7) is 6.25. The zero-order valence-corrected chi connectivity index (χ0v) is 19.2. The van der Waals surface area contributed by atoms with E-state index < -0.39 is 5.91 Å². The fraction of sp³-hybridized carbons (Fsp3) is 0.400. The van der Waals surface area contributed by atoms with Crippen molar-refractivity contribution in [3.63, 3.8) is 0 Å². The smallest absolute Gasteiger partial charge is 0.270 e. The molecular formula is C25H29N3O2S. The van der Waals surface area contributed by atoms with Crippen molar-refractivity contribution in [1.82, 2.24) is 9.88 Å². The quantitative estimate of drug-likeness (QED) is 0.418. The Labute approximate surface area is 189 Å². The lowest BCUT2D eigenvalue weighted by Gasteiger charge is -2.29. The van der Waals surface area contributed by atoms with Crippen molar-refractivity contribution in [2.24, 2.45) is 0 Å². The Balaban J connectivity index is 1.68. The Bertz CT molecular complexity index is 1060. The molecule has 1 saturated carbocycles. The van der Waals surface area contributed by atoms with Crippen LogP contribution in [0.15, 0.2) is 35.9 Å². The maximum atomic E-state index is 13.3. The first-order valence-corrected chi connectivity index (χ1v) is 11.5. The molecule has 31 heavy (non-hydrogen) atoms. The minimum atomic E-state index is -0.445. The van der Waals surface area contributed by atoms with Crippen LogP contribution in [0.5, 0.6) is 0 Å². The number of benzene rings is 1. The summed E-state index contributed by atoms with van der Waals surface area (Å²) in [7, 11) is 0. The maximum Gasteiger partial charge on any atom is 0.270 e. The van der Waals surface area contributed by atoms with Crippen molar-refractivity contribution in [3.05, 3.63) is 58.4 Å². The Morgan fingerprint density at radius 3 is 2.42 bits per heavy atom. The van der Waals surface area contributed by atoms with Gasteiger partial charge in [0.15, 0.2) is 5.11 Å². The van der Waals surface area contributed by atoms with Crippen LogP contribution in [0.25, 0.3) is 6.08 Å². The topological polar surface area (TPSA) is 54.3 Å². The second-order valence-corrected chi connectivity index (χ2v) is 8.85. The summed E-state index contributed by atoms with van der Waals surface area (Å²) in [6, 6.07) is 10.3. The van der Waals surface area contributed by atoms with Crippen LogP contribution in [0.3, 0.4) is 0 Å². The number of anilines is 1. The number of nitrogens with zero attached hydrogens (tertiary/aromatic N) is 2. The molecule has 5 nitrogen and oxygen atoms in total. The Kier molecular flexibility index (Phi) is 6.10. The van der Waals surface area contributed by atoms with E-state index in [0.29, 0.717) is 11.7 Å². The molecule has 2 heterocycles. The lowest BCUT2D eigenvalue weighted by molar-refractivity contribution is -0.122. The summed E-state index contributed by atoms with van der Waals surface area (Å²) < 4.78 is 2.38. The highest BCUT2D eigenvalue weighted by Crippen LogP contribution is 2.33. The van der Waals surface area contributed by atoms with Gasteiger partial charge in [0.05, 0.1) is 5.69 Å². The summed E-state index contributed by atoms with van der Waals surface area (Å²) in [4.78, 5) is 27.4. The van der Waals surface area contributed by atoms with Crippen LogP contribution in [-0.2, 0) is 16.0 Å². The molecule has 1 aromatic heterocycles. The van der Waals surface area contributed by atoms with Gasteiger partial charge in [0, 0.05) is 17.4 Å². The summed E-state index contributed by atoms with van der Waals surface area (Å²) in [6.07, 6.45) is 8.80. The zero-order chi connectivity index (χ0) is 22.1. The van der Waals surface area contributed by atoms with E-state index >= 15 is 0 Å². The van der Waals surface area contributed by atoms with E-state index in [2.05, 4.69) is 36.7 Å². The molecule has 0 bridgehead atoms. The number of hydrogen-bond acceptors (Lipinski definition) is 3. The standard InChI is InChI=1S/C25H29N3O2S/c1-4-18-10-12-21(13-11-18)28-24(30)22(23(29)26-25(28)31)15-19-14-16(2)27(17(19)3)20-8-6-5-7-9-20/h10-15,20H,4-9H2,1-3H3,(H,26,29,31)/b22-15-. The van der Waals surface area contributed by atoms with Gasteiger partial charge in [-0.1, -0.05) is 38.3 Å². The van der Waals surface area contributed by atoms with Crippen molar-refractivity contribution >= 4 is 40.9 Å².